The quantitative estimate of drug-likeness (QED) is 0.735. The number of nitrogens with one attached hydrogen (secondary N) is 1. The molecule has 1 heterocycles. The first-order valence-electron chi connectivity index (χ1n) is 7.39. The summed E-state index contributed by atoms with van der Waals surface area (Å²) >= 11 is 11.9. The Morgan fingerprint density at radius 1 is 1.17 bits per heavy atom. The molecular formula is C18H15Cl2N3O. The topological polar surface area (TPSA) is 46.9 Å². The zero-order valence-corrected chi connectivity index (χ0v) is 14.4. The van der Waals surface area contributed by atoms with Crippen LogP contribution in [0.1, 0.15) is 28.9 Å². The zero-order chi connectivity index (χ0) is 17.1. The molecule has 2 aromatic carbocycles. The van der Waals surface area contributed by atoms with Crippen LogP contribution in [0.3, 0.4) is 0 Å². The molecule has 1 amide bonds. The molecule has 0 aliphatic rings. The summed E-state index contributed by atoms with van der Waals surface area (Å²) in [5.74, 6) is -0.233. The predicted molar refractivity (Wildman–Crippen MR) is 95.9 cm³/mol. The van der Waals surface area contributed by atoms with Gasteiger partial charge in [-0.25, -0.2) is 4.98 Å². The average Bonchev–Trinajstić information content (AvgIpc) is 3.09. The maximum absolute atomic E-state index is 12.4. The molecule has 1 atom stereocenters. The van der Waals surface area contributed by atoms with Crippen molar-refractivity contribution in [1.29, 1.82) is 0 Å². The number of halogens is 2. The third kappa shape index (κ3) is 3.61. The molecule has 122 valence electrons. The van der Waals surface area contributed by atoms with E-state index in [2.05, 4.69) is 10.3 Å². The van der Waals surface area contributed by atoms with Crippen LogP contribution in [0.5, 0.6) is 0 Å². The highest BCUT2D eigenvalue weighted by molar-refractivity contribution is 6.36. The fraction of sp³-hybridized carbons (Fsp3) is 0.111. The van der Waals surface area contributed by atoms with E-state index in [1.165, 1.54) is 0 Å². The first kappa shape index (κ1) is 16.6. The number of carbonyl (C=O) groups excluding carboxylic acids is 1. The molecule has 4 nitrogen and oxygen atoms in total. The molecule has 6 heteroatoms. The van der Waals surface area contributed by atoms with Crippen LogP contribution in [-0.2, 0) is 0 Å². The Labute approximate surface area is 150 Å². The monoisotopic (exact) mass is 359 g/mol. The van der Waals surface area contributed by atoms with E-state index in [4.69, 9.17) is 23.2 Å². The standard InChI is InChI=1S/C18H15Cl2N3O/c1-12(22-18(24)16-7-4-14(19)10-17(16)20)13-2-5-15(6-3-13)23-9-8-21-11-23/h2-12H,1H3,(H,22,24). The Kier molecular flexibility index (Phi) is 4.88. The lowest BCUT2D eigenvalue weighted by Gasteiger charge is -2.15. The van der Waals surface area contributed by atoms with Crippen molar-refractivity contribution < 1.29 is 4.79 Å². The van der Waals surface area contributed by atoms with Gasteiger partial charge in [-0.05, 0) is 42.8 Å². The van der Waals surface area contributed by atoms with E-state index in [1.54, 1.807) is 30.7 Å². The number of amides is 1. The fourth-order valence-electron chi connectivity index (χ4n) is 2.38. The van der Waals surface area contributed by atoms with Gasteiger partial charge >= 0.3 is 0 Å². The van der Waals surface area contributed by atoms with E-state index in [0.29, 0.717) is 15.6 Å². The van der Waals surface area contributed by atoms with Gasteiger partial charge in [0.2, 0.25) is 0 Å². The molecule has 0 aliphatic carbocycles. The van der Waals surface area contributed by atoms with Gasteiger partial charge in [0, 0.05) is 23.1 Å². The summed E-state index contributed by atoms with van der Waals surface area (Å²) in [5, 5.41) is 3.78. The van der Waals surface area contributed by atoms with Crippen LogP contribution in [0.15, 0.2) is 61.2 Å². The fourth-order valence-corrected chi connectivity index (χ4v) is 2.87. The molecule has 1 N–H and O–H groups in total. The van der Waals surface area contributed by atoms with Gasteiger partial charge in [0.15, 0.2) is 0 Å². The van der Waals surface area contributed by atoms with E-state index in [1.807, 2.05) is 42.0 Å². The number of nitrogens with zero attached hydrogens (tertiary/aromatic N) is 2. The minimum absolute atomic E-state index is 0.152. The number of aromatic nitrogens is 2. The maximum atomic E-state index is 12.4. The Morgan fingerprint density at radius 3 is 2.54 bits per heavy atom. The Bertz CT molecular complexity index is 845. The van der Waals surface area contributed by atoms with Crippen molar-refractivity contribution in [3.8, 4) is 5.69 Å². The van der Waals surface area contributed by atoms with E-state index >= 15 is 0 Å². The molecule has 0 spiro atoms. The number of rotatable bonds is 4. The molecule has 1 aromatic heterocycles. The van der Waals surface area contributed by atoms with Gasteiger partial charge in [0.25, 0.3) is 5.91 Å². The largest absolute Gasteiger partial charge is 0.345 e. The summed E-state index contributed by atoms with van der Waals surface area (Å²) in [6.45, 7) is 1.92. The van der Waals surface area contributed by atoms with Crippen LogP contribution in [0.4, 0.5) is 0 Å². The van der Waals surface area contributed by atoms with Crippen molar-refractivity contribution >= 4 is 29.1 Å². The summed E-state index contributed by atoms with van der Waals surface area (Å²) in [7, 11) is 0. The second kappa shape index (κ2) is 7.07. The normalized spacial score (nSPS) is 12.0. The van der Waals surface area contributed by atoms with Gasteiger partial charge in [-0.2, -0.15) is 0 Å². The summed E-state index contributed by atoms with van der Waals surface area (Å²) in [6.07, 6.45) is 5.35. The minimum atomic E-state index is -0.233. The molecule has 0 saturated carbocycles. The lowest BCUT2D eigenvalue weighted by Crippen LogP contribution is -2.26. The Hall–Kier alpha value is -2.30. The zero-order valence-electron chi connectivity index (χ0n) is 12.9. The smallest absolute Gasteiger partial charge is 0.253 e. The second-order valence-electron chi connectivity index (χ2n) is 5.38. The lowest BCUT2D eigenvalue weighted by atomic mass is 10.1. The molecule has 3 aromatic rings. The highest BCUT2D eigenvalue weighted by atomic mass is 35.5. The van der Waals surface area contributed by atoms with Gasteiger partial charge in [0.05, 0.1) is 23.0 Å². The first-order valence-corrected chi connectivity index (χ1v) is 8.14. The minimum Gasteiger partial charge on any atom is -0.345 e. The SMILES string of the molecule is CC(NC(=O)c1ccc(Cl)cc1Cl)c1ccc(-n2ccnc2)cc1. The van der Waals surface area contributed by atoms with Crippen molar-refractivity contribution in [3.63, 3.8) is 0 Å². The number of hydrogen-bond acceptors (Lipinski definition) is 2. The van der Waals surface area contributed by atoms with Gasteiger partial charge in [-0.15, -0.1) is 0 Å². The summed E-state index contributed by atoms with van der Waals surface area (Å²) in [4.78, 5) is 16.4. The van der Waals surface area contributed by atoms with Gasteiger partial charge in [-0.1, -0.05) is 35.3 Å². The van der Waals surface area contributed by atoms with E-state index < -0.39 is 0 Å². The second-order valence-corrected chi connectivity index (χ2v) is 6.22. The van der Waals surface area contributed by atoms with Crippen LogP contribution >= 0.6 is 23.2 Å². The van der Waals surface area contributed by atoms with Crippen molar-refractivity contribution in [2.45, 2.75) is 13.0 Å². The highest BCUT2D eigenvalue weighted by Gasteiger charge is 2.14. The molecule has 0 radical (unpaired) electrons. The summed E-state index contributed by atoms with van der Waals surface area (Å²) in [5.41, 5.74) is 2.41. The first-order chi connectivity index (χ1) is 11.5. The number of carbonyl (C=O) groups is 1. The summed E-state index contributed by atoms with van der Waals surface area (Å²) in [6, 6.07) is 12.6. The van der Waals surface area contributed by atoms with Crippen LogP contribution < -0.4 is 5.32 Å². The third-order valence-electron chi connectivity index (χ3n) is 3.72. The van der Waals surface area contributed by atoms with Gasteiger partial charge < -0.3 is 9.88 Å². The van der Waals surface area contributed by atoms with Crippen LogP contribution in [0, 0.1) is 0 Å². The molecule has 1 unspecified atom stereocenters. The Morgan fingerprint density at radius 2 is 1.92 bits per heavy atom. The molecular weight excluding hydrogens is 345 g/mol. The molecule has 0 aliphatic heterocycles. The van der Waals surface area contributed by atoms with Crippen molar-refractivity contribution in [3.05, 3.63) is 82.4 Å². The maximum Gasteiger partial charge on any atom is 0.253 e. The molecule has 0 bridgehead atoms. The lowest BCUT2D eigenvalue weighted by molar-refractivity contribution is 0.0940. The van der Waals surface area contributed by atoms with E-state index in [9.17, 15) is 4.79 Å². The molecule has 3 rings (SSSR count). The van der Waals surface area contributed by atoms with Crippen LogP contribution in [0.2, 0.25) is 10.0 Å². The summed E-state index contributed by atoms with van der Waals surface area (Å²) < 4.78 is 1.92. The molecule has 24 heavy (non-hydrogen) atoms. The highest BCUT2D eigenvalue weighted by Crippen LogP contribution is 2.22. The van der Waals surface area contributed by atoms with Crippen LogP contribution in [-0.4, -0.2) is 15.5 Å². The van der Waals surface area contributed by atoms with Crippen LogP contribution in [0.25, 0.3) is 5.69 Å². The Balaban J connectivity index is 1.72. The van der Waals surface area contributed by atoms with Crippen molar-refractivity contribution in [2.24, 2.45) is 0 Å². The predicted octanol–water partition coefficient (Wildman–Crippen LogP) is 4.67. The van der Waals surface area contributed by atoms with E-state index in [-0.39, 0.29) is 11.9 Å². The number of benzene rings is 2. The van der Waals surface area contributed by atoms with Crippen molar-refractivity contribution in [1.82, 2.24) is 14.9 Å². The van der Waals surface area contributed by atoms with Crippen molar-refractivity contribution in [2.75, 3.05) is 0 Å². The average molecular weight is 360 g/mol. The van der Waals surface area contributed by atoms with E-state index in [0.717, 1.165) is 11.3 Å². The molecule has 0 fully saturated rings. The number of hydrogen-bond donors (Lipinski definition) is 1. The number of imidazole rings is 1. The van der Waals surface area contributed by atoms with Gasteiger partial charge in [0.1, 0.15) is 0 Å². The third-order valence-corrected chi connectivity index (χ3v) is 4.27. The molecule has 0 saturated heterocycles. The van der Waals surface area contributed by atoms with Gasteiger partial charge in [-0.3, -0.25) is 4.79 Å².